The molecule has 2 unspecified atom stereocenters. The number of hydrogen-bond acceptors (Lipinski definition) is 10. The molecule has 0 saturated carbocycles. The molecule has 0 aliphatic carbocycles. The van der Waals surface area contributed by atoms with Crippen LogP contribution >= 0.6 is 0 Å². The summed E-state index contributed by atoms with van der Waals surface area (Å²) in [6.07, 6.45) is 3.66. The van der Waals surface area contributed by atoms with E-state index in [2.05, 4.69) is 25.5 Å². The second-order valence-electron chi connectivity index (χ2n) is 21.4. The number of piperidine rings is 1. The van der Waals surface area contributed by atoms with Crippen LogP contribution in [0.25, 0.3) is 22.1 Å². The fourth-order valence-corrected chi connectivity index (χ4v) is 12.2. The molecule has 77 heavy (non-hydrogen) atoms. The maximum Gasteiger partial charge on any atom is 0.407 e. The number of nitrogens with one attached hydrogen (secondary N) is 4. The SMILES string of the molecule is COC(=O)NC(C(=O)N1c2ccccc2C[C@H]1c1nc2cc([C@H]3CC[C@H](c4ccc5[nH]c([C@@H]6Cc7ccccc7N6C(=O)C(NC(=O)OC)C(C)C)nc5c4)N3c3cc(F)c(N4CCCCC4)c(F)c3)ccc2[nH]1)C(C)C. The number of para-hydroxylation sites is 2. The Morgan fingerprint density at radius 2 is 1.04 bits per heavy atom. The zero-order chi connectivity index (χ0) is 53.8. The number of methoxy groups -OCH3 is 2. The normalized spacial score (nSPS) is 20.0. The molecular weight excluding hydrogens is 983 g/mol. The van der Waals surface area contributed by atoms with E-state index in [1.807, 2.05) is 118 Å². The minimum absolute atomic E-state index is 0.00135. The van der Waals surface area contributed by atoms with E-state index in [-0.39, 0.29) is 41.4 Å². The first kappa shape index (κ1) is 51.1. The van der Waals surface area contributed by atoms with Gasteiger partial charge in [-0.1, -0.05) is 76.2 Å². The molecule has 4 aliphatic rings. The molecule has 6 atom stereocenters. The van der Waals surface area contributed by atoms with Crippen molar-refractivity contribution in [2.24, 2.45) is 11.8 Å². The first-order chi connectivity index (χ1) is 37.2. The zero-order valence-corrected chi connectivity index (χ0v) is 44.1. The van der Waals surface area contributed by atoms with E-state index in [0.717, 1.165) is 63.9 Å². The lowest BCUT2D eigenvalue weighted by atomic mass is 10.0. The maximum atomic E-state index is 16.6. The quantitative estimate of drug-likeness (QED) is 0.0919. The molecule has 4 amide bonds. The molecule has 0 spiro atoms. The summed E-state index contributed by atoms with van der Waals surface area (Å²) in [6, 6.07) is 27.1. The minimum atomic E-state index is -0.861. The second-order valence-corrected chi connectivity index (χ2v) is 21.4. The summed E-state index contributed by atoms with van der Waals surface area (Å²) in [4.78, 5) is 78.7. The number of aromatic nitrogens is 4. The average molecular weight is 1050 g/mol. The number of amides is 4. The van der Waals surface area contributed by atoms with Gasteiger partial charge in [0.05, 0.1) is 60.5 Å². The number of aromatic amines is 2. The van der Waals surface area contributed by atoms with Crippen molar-refractivity contribution < 1.29 is 37.4 Å². The number of ether oxygens (including phenoxy) is 2. The summed E-state index contributed by atoms with van der Waals surface area (Å²) in [5, 5.41) is 5.49. The highest BCUT2D eigenvalue weighted by molar-refractivity contribution is 6.02. The van der Waals surface area contributed by atoms with Gasteiger partial charge in [-0.05, 0) is 115 Å². The van der Waals surface area contributed by atoms with Gasteiger partial charge < -0.3 is 39.9 Å². The van der Waals surface area contributed by atoms with Crippen molar-refractivity contribution in [2.45, 2.75) is 109 Å². The third kappa shape index (κ3) is 9.45. The molecule has 4 N–H and O–H groups in total. The Kier molecular flexibility index (Phi) is 13.8. The van der Waals surface area contributed by atoms with E-state index in [0.29, 0.717) is 67.1 Å². The number of benzene rings is 5. The maximum absolute atomic E-state index is 16.6. The Balaban J connectivity index is 0.945. The predicted molar refractivity (Wildman–Crippen MR) is 291 cm³/mol. The highest BCUT2D eigenvalue weighted by Crippen LogP contribution is 2.50. The summed E-state index contributed by atoms with van der Waals surface area (Å²) in [5.41, 5.74) is 8.51. The van der Waals surface area contributed by atoms with Crippen molar-refractivity contribution in [1.29, 1.82) is 0 Å². The lowest BCUT2D eigenvalue weighted by molar-refractivity contribution is -0.122. The van der Waals surface area contributed by atoms with Crippen molar-refractivity contribution in [3.63, 3.8) is 0 Å². The smallest absolute Gasteiger partial charge is 0.407 e. The summed E-state index contributed by atoms with van der Waals surface area (Å²) in [7, 11) is 2.54. The monoisotopic (exact) mass is 1050 g/mol. The first-order valence-electron chi connectivity index (χ1n) is 26.7. The van der Waals surface area contributed by atoms with Crippen LogP contribution in [-0.2, 0) is 31.9 Å². The van der Waals surface area contributed by atoms with Gasteiger partial charge in [-0.3, -0.25) is 19.4 Å². The second kappa shape index (κ2) is 20.8. The van der Waals surface area contributed by atoms with Crippen LogP contribution in [0.5, 0.6) is 0 Å². The van der Waals surface area contributed by atoms with Crippen LogP contribution in [0.1, 0.15) is 118 Å². The standard InChI is InChI=1S/C59H64F2N10O6/c1-32(2)51(66-58(74)76-5)56(72)70-45-16-10-8-14-34(45)28-49(70)54-62-41-20-18-36(26-43(41)64-54)47-22-23-48(69(47)38-30-39(60)53(40(61)31-38)68-24-12-7-13-25-68)37-19-21-42-44(27-37)65-55(63-42)50-29-35-15-9-11-17-46(35)71(50)57(73)52(33(3)4)67-59(75)77-6/h8-11,14-21,26-27,30-33,47-52H,7,12-13,22-25,28-29H2,1-6H3,(H,62,64)(H,63,65)(H,66,74)(H,67,75)/t47-,48-,49+,50+,51?,52?/m1/s1. The van der Waals surface area contributed by atoms with Crippen molar-refractivity contribution in [1.82, 2.24) is 30.6 Å². The highest BCUT2D eigenvalue weighted by Gasteiger charge is 2.44. The number of fused-ring (bicyclic) bond motifs is 4. The van der Waals surface area contributed by atoms with E-state index in [1.54, 1.807) is 9.80 Å². The third-order valence-corrected chi connectivity index (χ3v) is 16.0. The number of halogens is 2. The molecule has 6 heterocycles. The lowest BCUT2D eigenvalue weighted by Crippen LogP contribution is -2.51. The van der Waals surface area contributed by atoms with Gasteiger partial charge in [-0.2, -0.15) is 0 Å². The van der Waals surface area contributed by atoms with Crippen molar-refractivity contribution in [3.8, 4) is 0 Å². The molecule has 7 aromatic rings. The Morgan fingerprint density at radius 3 is 1.47 bits per heavy atom. The zero-order valence-electron chi connectivity index (χ0n) is 44.1. The van der Waals surface area contributed by atoms with E-state index >= 15 is 8.78 Å². The van der Waals surface area contributed by atoms with Gasteiger partial charge in [-0.15, -0.1) is 0 Å². The molecule has 0 bridgehead atoms. The van der Waals surface area contributed by atoms with E-state index in [4.69, 9.17) is 19.4 Å². The molecular formula is C59H64F2N10O6. The van der Waals surface area contributed by atoms with Crippen LogP contribution in [0.2, 0.25) is 0 Å². The van der Waals surface area contributed by atoms with Gasteiger partial charge in [0.15, 0.2) is 11.6 Å². The van der Waals surface area contributed by atoms with Crippen molar-refractivity contribution in [2.75, 3.05) is 46.9 Å². The van der Waals surface area contributed by atoms with Gasteiger partial charge in [0, 0.05) is 43.0 Å². The van der Waals surface area contributed by atoms with Crippen LogP contribution in [0.15, 0.2) is 97.1 Å². The summed E-state index contributed by atoms with van der Waals surface area (Å²) in [6.45, 7) is 8.67. The van der Waals surface area contributed by atoms with Gasteiger partial charge in [0.25, 0.3) is 11.8 Å². The number of alkyl carbamates (subject to hydrolysis) is 2. The fourth-order valence-electron chi connectivity index (χ4n) is 12.2. The Morgan fingerprint density at radius 1 is 0.597 bits per heavy atom. The molecule has 5 aromatic carbocycles. The molecule has 18 heteroatoms. The van der Waals surface area contributed by atoms with E-state index < -0.39 is 48.0 Å². The van der Waals surface area contributed by atoms with Crippen molar-refractivity contribution >= 4 is 68.8 Å². The molecule has 16 nitrogen and oxygen atoms in total. The predicted octanol–water partition coefficient (Wildman–Crippen LogP) is 10.8. The van der Waals surface area contributed by atoms with Crippen LogP contribution in [0.3, 0.4) is 0 Å². The summed E-state index contributed by atoms with van der Waals surface area (Å²) < 4.78 is 43.0. The molecule has 400 valence electrons. The van der Waals surface area contributed by atoms with E-state index in [1.165, 1.54) is 26.4 Å². The molecule has 2 saturated heterocycles. The molecule has 4 aliphatic heterocycles. The van der Waals surface area contributed by atoms with Crippen LogP contribution in [0.4, 0.5) is 41.1 Å². The first-order valence-corrected chi connectivity index (χ1v) is 26.7. The lowest BCUT2D eigenvalue weighted by Gasteiger charge is -2.35. The Hall–Kier alpha value is -8.02. The Labute approximate surface area is 445 Å². The number of anilines is 4. The topological polar surface area (TPSA) is 181 Å². The van der Waals surface area contributed by atoms with Gasteiger partial charge >= 0.3 is 12.2 Å². The van der Waals surface area contributed by atoms with Crippen LogP contribution < -0.4 is 30.2 Å². The number of carbonyl (C=O) groups is 4. The molecule has 11 rings (SSSR count). The summed E-state index contributed by atoms with van der Waals surface area (Å²) in [5.74, 6) is -1.10. The third-order valence-electron chi connectivity index (χ3n) is 16.0. The van der Waals surface area contributed by atoms with Crippen LogP contribution in [-0.4, -0.2) is 83.3 Å². The van der Waals surface area contributed by atoms with Gasteiger partial charge in [0.2, 0.25) is 0 Å². The number of hydrogen-bond donors (Lipinski definition) is 4. The molecule has 2 aromatic heterocycles. The Bertz CT molecular complexity index is 3200. The molecule has 0 radical (unpaired) electrons. The van der Waals surface area contributed by atoms with Crippen molar-refractivity contribution in [3.05, 3.63) is 143 Å². The van der Waals surface area contributed by atoms with Gasteiger partial charge in [-0.25, -0.2) is 28.3 Å². The number of H-pyrrole nitrogens is 2. The van der Waals surface area contributed by atoms with Crippen LogP contribution in [0, 0.1) is 23.5 Å². The van der Waals surface area contributed by atoms with Gasteiger partial charge in [0.1, 0.15) is 29.4 Å². The average Bonchev–Trinajstić information content (AvgIpc) is 4.46. The summed E-state index contributed by atoms with van der Waals surface area (Å²) >= 11 is 0. The number of rotatable bonds is 12. The number of carbonyl (C=O) groups excluding carboxylic acids is 4. The largest absolute Gasteiger partial charge is 0.453 e. The van der Waals surface area contributed by atoms with E-state index in [9.17, 15) is 19.2 Å². The molecule has 2 fully saturated rings. The highest BCUT2D eigenvalue weighted by atomic mass is 19.1. The minimum Gasteiger partial charge on any atom is -0.453 e. The number of imidazole rings is 2. The number of nitrogens with zero attached hydrogens (tertiary/aromatic N) is 6. The fraction of sp³-hybridized carbons (Fsp3) is 0.390.